The summed E-state index contributed by atoms with van der Waals surface area (Å²) in [7, 11) is 0. The number of nitrogens with one attached hydrogen (secondary N) is 1. The van der Waals surface area contributed by atoms with Gasteiger partial charge in [-0.05, 0) is 60.5 Å². The van der Waals surface area contributed by atoms with E-state index in [1.54, 1.807) is 0 Å². The number of rotatable bonds is 5. The number of benzene rings is 2. The molecular formula is C26H30N2O. The van der Waals surface area contributed by atoms with Crippen molar-refractivity contribution in [3.8, 4) is 0 Å². The molecule has 0 bridgehead atoms. The third-order valence-electron chi connectivity index (χ3n) is 6.75. The van der Waals surface area contributed by atoms with Crippen LogP contribution in [-0.2, 0) is 6.54 Å². The van der Waals surface area contributed by atoms with Gasteiger partial charge in [0.25, 0.3) is 0 Å². The fourth-order valence-corrected chi connectivity index (χ4v) is 5.08. The van der Waals surface area contributed by atoms with Crippen LogP contribution in [0, 0.1) is 0 Å². The number of fused-ring (bicyclic) bond motifs is 1. The molecule has 3 nitrogen and oxygen atoms in total. The lowest BCUT2D eigenvalue weighted by molar-refractivity contribution is 0.100. The standard InChI is InChI=1S/C26H30N2O/c29-26(12-4-5-13-26)14-10-20-8-9-25-23(16-20)24(17-27-25)22-11-15-28(19-22)18-21-6-2-1-3-7-21/h1-3,6-10,14,16-17,22,27,29H,4-5,11-13,15,18-19H2. The zero-order valence-corrected chi connectivity index (χ0v) is 17.0. The molecule has 2 fully saturated rings. The Hall–Kier alpha value is -2.36. The third-order valence-corrected chi connectivity index (χ3v) is 6.75. The number of likely N-dealkylation sites (tertiary alicyclic amines) is 1. The first-order valence-corrected chi connectivity index (χ1v) is 11.0. The number of aromatic amines is 1. The SMILES string of the molecule is OC1(C=Cc2ccc3[nH]cc(C4CCN(Cc5ccccc5)C4)c3c2)CCCC1. The summed E-state index contributed by atoms with van der Waals surface area (Å²) in [6.07, 6.45) is 11.6. The summed E-state index contributed by atoms with van der Waals surface area (Å²) in [5.41, 5.74) is 4.62. The average molecular weight is 387 g/mol. The first-order valence-electron chi connectivity index (χ1n) is 11.0. The molecule has 0 amide bonds. The Bertz CT molecular complexity index is 998. The maximum atomic E-state index is 10.6. The molecule has 1 saturated carbocycles. The minimum atomic E-state index is -0.598. The molecule has 1 aliphatic heterocycles. The van der Waals surface area contributed by atoms with Crippen LogP contribution in [0.15, 0.2) is 60.8 Å². The molecule has 1 saturated heterocycles. The number of hydrogen-bond donors (Lipinski definition) is 2. The quantitative estimate of drug-likeness (QED) is 0.610. The van der Waals surface area contributed by atoms with Crippen molar-refractivity contribution in [2.75, 3.05) is 13.1 Å². The summed E-state index contributed by atoms with van der Waals surface area (Å²) in [6, 6.07) is 17.4. The number of H-pyrrole nitrogens is 1. The van der Waals surface area contributed by atoms with E-state index in [2.05, 4.69) is 70.7 Å². The second-order valence-electron chi connectivity index (χ2n) is 8.90. The second-order valence-corrected chi connectivity index (χ2v) is 8.90. The molecule has 3 aromatic rings. The summed E-state index contributed by atoms with van der Waals surface area (Å²) in [4.78, 5) is 6.04. The van der Waals surface area contributed by atoms with Crippen molar-refractivity contribution in [1.82, 2.24) is 9.88 Å². The number of aliphatic hydroxyl groups is 1. The lowest BCUT2D eigenvalue weighted by Gasteiger charge is -2.16. The van der Waals surface area contributed by atoms with Gasteiger partial charge in [0.2, 0.25) is 0 Å². The zero-order chi connectivity index (χ0) is 19.7. The Morgan fingerprint density at radius 3 is 2.76 bits per heavy atom. The van der Waals surface area contributed by atoms with Crippen LogP contribution >= 0.6 is 0 Å². The Balaban J connectivity index is 1.33. The lowest BCUT2D eigenvalue weighted by atomic mass is 9.96. The van der Waals surface area contributed by atoms with Crippen LogP contribution in [0.1, 0.15) is 54.7 Å². The van der Waals surface area contributed by atoms with Crippen molar-refractivity contribution in [3.63, 3.8) is 0 Å². The van der Waals surface area contributed by atoms with Gasteiger partial charge in [-0.3, -0.25) is 4.90 Å². The van der Waals surface area contributed by atoms with Gasteiger partial charge in [-0.15, -0.1) is 0 Å². The molecule has 1 atom stereocenters. The Morgan fingerprint density at radius 1 is 1.10 bits per heavy atom. The van der Waals surface area contributed by atoms with Crippen LogP contribution in [0.5, 0.6) is 0 Å². The fourth-order valence-electron chi connectivity index (χ4n) is 5.08. The topological polar surface area (TPSA) is 39.3 Å². The maximum absolute atomic E-state index is 10.6. The molecule has 2 heterocycles. The van der Waals surface area contributed by atoms with Gasteiger partial charge in [-0.1, -0.05) is 61.4 Å². The molecule has 1 aromatic heterocycles. The van der Waals surface area contributed by atoms with Crippen molar-refractivity contribution in [1.29, 1.82) is 0 Å². The summed E-state index contributed by atoms with van der Waals surface area (Å²) in [6.45, 7) is 3.30. The van der Waals surface area contributed by atoms with Crippen LogP contribution in [0.4, 0.5) is 0 Å². The molecule has 2 aliphatic rings. The molecule has 29 heavy (non-hydrogen) atoms. The largest absolute Gasteiger partial charge is 0.386 e. The van der Waals surface area contributed by atoms with E-state index in [1.807, 2.05) is 6.08 Å². The van der Waals surface area contributed by atoms with Crippen LogP contribution in [-0.4, -0.2) is 33.7 Å². The van der Waals surface area contributed by atoms with Gasteiger partial charge in [0.05, 0.1) is 5.60 Å². The van der Waals surface area contributed by atoms with Crippen molar-refractivity contribution in [2.45, 2.75) is 50.2 Å². The Kier molecular flexibility index (Phi) is 5.03. The molecule has 2 N–H and O–H groups in total. The van der Waals surface area contributed by atoms with Crippen molar-refractivity contribution < 1.29 is 5.11 Å². The highest BCUT2D eigenvalue weighted by Gasteiger charge is 2.28. The highest BCUT2D eigenvalue weighted by molar-refractivity contribution is 5.86. The normalized spacial score (nSPS) is 22.2. The number of hydrogen-bond acceptors (Lipinski definition) is 2. The highest BCUT2D eigenvalue weighted by Crippen LogP contribution is 2.34. The van der Waals surface area contributed by atoms with Crippen LogP contribution in [0.3, 0.4) is 0 Å². The van der Waals surface area contributed by atoms with Crippen LogP contribution < -0.4 is 0 Å². The van der Waals surface area contributed by atoms with E-state index in [-0.39, 0.29) is 0 Å². The first kappa shape index (κ1) is 18.7. The van der Waals surface area contributed by atoms with E-state index < -0.39 is 5.60 Å². The molecule has 1 unspecified atom stereocenters. The second kappa shape index (κ2) is 7.81. The van der Waals surface area contributed by atoms with Crippen LogP contribution in [0.25, 0.3) is 17.0 Å². The third kappa shape index (κ3) is 4.03. The molecular weight excluding hydrogens is 356 g/mol. The number of aromatic nitrogens is 1. The summed E-state index contributed by atoms with van der Waals surface area (Å²) < 4.78 is 0. The summed E-state index contributed by atoms with van der Waals surface area (Å²) >= 11 is 0. The van der Waals surface area contributed by atoms with E-state index in [0.29, 0.717) is 5.92 Å². The van der Waals surface area contributed by atoms with Gasteiger partial charge < -0.3 is 10.1 Å². The zero-order valence-electron chi connectivity index (χ0n) is 17.0. The number of nitrogens with zero attached hydrogens (tertiary/aromatic N) is 1. The first-order chi connectivity index (χ1) is 14.2. The molecule has 2 aromatic carbocycles. The van der Waals surface area contributed by atoms with E-state index in [4.69, 9.17) is 0 Å². The molecule has 0 radical (unpaired) electrons. The molecule has 3 heteroatoms. The van der Waals surface area contributed by atoms with Gasteiger partial charge in [0.1, 0.15) is 0 Å². The van der Waals surface area contributed by atoms with Gasteiger partial charge >= 0.3 is 0 Å². The van der Waals surface area contributed by atoms with E-state index in [0.717, 1.165) is 45.3 Å². The van der Waals surface area contributed by atoms with E-state index in [1.165, 1.54) is 34.0 Å². The summed E-state index contributed by atoms with van der Waals surface area (Å²) in [5.74, 6) is 0.575. The monoisotopic (exact) mass is 386 g/mol. The van der Waals surface area contributed by atoms with Crippen molar-refractivity contribution in [3.05, 3.63) is 77.5 Å². The van der Waals surface area contributed by atoms with E-state index in [9.17, 15) is 5.11 Å². The lowest BCUT2D eigenvalue weighted by Crippen LogP contribution is -2.19. The minimum absolute atomic E-state index is 0.575. The average Bonchev–Trinajstić information content (AvgIpc) is 3.47. The predicted octanol–water partition coefficient (Wildman–Crippen LogP) is 5.48. The van der Waals surface area contributed by atoms with Crippen LogP contribution in [0.2, 0.25) is 0 Å². The van der Waals surface area contributed by atoms with Gasteiger partial charge in [0.15, 0.2) is 0 Å². The fraction of sp³-hybridized carbons (Fsp3) is 0.385. The van der Waals surface area contributed by atoms with Gasteiger partial charge in [-0.25, -0.2) is 0 Å². The van der Waals surface area contributed by atoms with Crippen molar-refractivity contribution in [2.24, 2.45) is 0 Å². The minimum Gasteiger partial charge on any atom is -0.386 e. The highest BCUT2D eigenvalue weighted by atomic mass is 16.3. The summed E-state index contributed by atoms with van der Waals surface area (Å²) in [5, 5.41) is 11.9. The molecule has 0 spiro atoms. The van der Waals surface area contributed by atoms with Gasteiger partial charge in [-0.2, -0.15) is 0 Å². The Labute approximate surface area is 173 Å². The van der Waals surface area contributed by atoms with Gasteiger partial charge in [0, 0.05) is 30.2 Å². The molecule has 5 rings (SSSR count). The smallest absolute Gasteiger partial charge is 0.0830 e. The van der Waals surface area contributed by atoms with E-state index >= 15 is 0 Å². The maximum Gasteiger partial charge on any atom is 0.0830 e. The predicted molar refractivity (Wildman–Crippen MR) is 120 cm³/mol. The van der Waals surface area contributed by atoms with Crippen molar-refractivity contribution >= 4 is 17.0 Å². The molecule has 150 valence electrons. The Morgan fingerprint density at radius 2 is 1.93 bits per heavy atom. The molecule has 1 aliphatic carbocycles.